The Morgan fingerprint density at radius 1 is 1.30 bits per heavy atom. The van der Waals surface area contributed by atoms with Crippen molar-refractivity contribution in [2.75, 3.05) is 20.2 Å². The molecule has 0 atom stereocenters. The fourth-order valence-corrected chi connectivity index (χ4v) is 3.64. The van der Waals surface area contributed by atoms with E-state index < -0.39 is 10.0 Å². The monoisotopic (exact) mass is 320 g/mol. The first-order valence-corrected chi connectivity index (χ1v) is 7.89. The summed E-state index contributed by atoms with van der Waals surface area (Å²) < 4.78 is 32.5. The second kappa shape index (κ2) is 7.26. The maximum atomic E-state index is 12.3. The molecule has 0 amide bonds. The van der Waals surface area contributed by atoms with E-state index in [1.165, 1.54) is 0 Å². The van der Waals surface area contributed by atoms with Crippen molar-refractivity contribution in [1.29, 1.82) is 0 Å². The summed E-state index contributed by atoms with van der Waals surface area (Å²) >= 11 is 0. The lowest BCUT2D eigenvalue weighted by Gasteiger charge is -2.23. The van der Waals surface area contributed by atoms with E-state index in [1.807, 2.05) is 6.92 Å². The van der Waals surface area contributed by atoms with Crippen molar-refractivity contribution in [3.05, 3.63) is 23.8 Å². The Kier molecular flexibility index (Phi) is 6.26. The van der Waals surface area contributed by atoms with Crippen molar-refractivity contribution in [3.8, 4) is 5.75 Å². The van der Waals surface area contributed by atoms with Gasteiger partial charge in [0, 0.05) is 6.04 Å². The summed E-state index contributed by atoms with van der Waals surface area (Å²) in [5, 5.41) is 3.21. The zero-order valence-electron chi connectivity index (χ0n) is 11.7. The van der Waals surface area contributed by atoms with E-state index in [4.69, 9.17) is 4.74 Å². The van der Waals surface area contributed by atoms with Gasteiger partial charge in [0.25, 0.3) is 0 Å². The molecular weight excluding hydrogens is 300 g/mol. The predicted octanol–water partition coefficient (Wildman–Crippen LogP) is 1.46. The molecule has 0 spiro atoms. The number of piperidine rings is 1. The van der Waals surface area contributed by atoms with Crippen molar-refractivity contribution in [1.82, 2.24) is 10.0 Å². The molecule has 0 radical (unpaired) electrons. The molecule has 0 aromatic heterocycles. The SMILES string of the molecule is COc1ccc(S(=O)(=O)NC2CCNCC2)cc1C.Cl. The molecule has 1 heterocycles. The van der Waals surface area contributed by atoms with Crippen LogP contribution in [0.5, 0.6) is 5.75 Å². The molecule has 1 fully saturated rings. The molecule has 20 heavy (non-hydrogen) atoms. The van der Waals surface area contributed by atoms with E-state index in [9.17, 15) is 8.42 Å². The molecule has 0 bridgehead atoms. The number of rotatable bonds is 4. The minimum atomic E-state index is -3.44. The molecule has 1 aliphatic rings. The average molecular weight is 321 g/mol. The van der Waals surface area contributed by atoms with Crippen LogP contribution in [0, 0.1) is 6.92 Å². The number of nitrogens with one attached hydrogen (secondary N) is 2. The van der Waals surface area contributed by atoms with Crippen LogP contribution in [0.15, 0.2) is 23.1 Å². The molecule has 1 saturated heterocycles. The first kappa shape index (κ1) is 17.2. The van der Waals surface area contributed by atoms with Crippen LogP contribution in [0.2, 0.25) is 0 Å². The summed E-state index contributed by atoms with van der Waals surface area (Å²) in [5.41, 5.74) is 0.815. The van der Waals surface area contributed by atoms with Crippen LogP contribution in [0.3, 0.4) is 0 Å². The van der Waals surface area contributed by atoms with E-state index in [-0.39, 0.29) is 18.4 Å². The number of sulfonamides is 1. The van der Waals surface area contributed by atoms with Gasteiger partial charge in [-0.15, -0.1) is 12.4 Å². The van der Waals surface area contributed by atoms with Gasteiger partial charge in [-0.3, -0.25) is 0 Å². The van der Waals surface area contributed by atoms with Crippen molar-refractivity contribution >= 4 is 22.4 Å². The summed E-state index contributed by atoms with van der Waals surface area (Å²) in [4.78, 5) is 0.296. The maximum absolute atomic E-state index is 12.3. The van der Waals surface area contributed by atoms with Crippen LogP contribution in [0.25, 0.3) is 0 Å². The van der Waals surface area contributed by atoms with Crippen LogP contribution < -0.4 is 14.8 Å². The number of ether oxygens (including phenoxy) is 1. The third-order valence-electron chi connectivity index (χ3n) is 3.34. The highest BCUT2D eigenvalue weighted by Crippen LogP contribution is 2.21. The summed E-state index contributed by atoms with van der Waals surface area (Å²) in [6.45, 7) is 3.55. The first-order chi connectivity index (χ1) is 9.03. The van der Waals surface area contributed by atoms with Gasteiger partial charge in [0.15, 0.2) is 0 Å². The van der Waals surface area contributed by atoms with Crippen molar-refractivity contribution in [3.63, 3.8) is 0 Å². The third kappa shape index (κ3) is 4.09. The number of hydrogen-bond acceptors (Lipinski definition) is 4. The minimum Gasteiger partial charge on any atom is -0.496 e. The van der Waals surface area contributed by atoms with Crippen LogP contribution in [-0.4, -0.2) is 34.7 Å². The molecule has 114 valence electrons. The van der Waals surface area contributed by atoms with E-state index in [2.05, 4.69) is 10.0 Å². The molecule has 1 aromatic carbocycles. The predicted molar refractivity (Wildman–Crippen MR) is 81.2 cm³/mol. The van der Waals surface area contributed by atoms with E-state index in [0.717, 1.165) is 31.5 Å². The number of methoxy groups -OCH3 is 1. The van der Waals surface area contributed by atoms with E-state index in [1.54, 1.807) is 25.3 Å². The molecule has 7 heteroatoms. The molecule has 2 rings (SSSR count). The second-order valence-corrected chi connectivity index (χ2v) is 6.49. The van der Waals surface area contributed by atoms with Crippen molar-refractivity contribution in [2.45, 2.75) is 30.7 Å². The van der Waals surface area contributed by atoms with Crippen LogP contribution in [0.4, 0.5) is 0 Å². The summed E-state index contributed by atoms with van der Waals surface area (Å²) in [6.07, 6.45) is 1.66. The van der Waals surface area contributed by atoms with Gasteiger partial charge in [0.1, 0.15) is 5.75 Å². The Hall–Kier alpha value is -0.820. The average Bonchev–Trinajstić information content (AvgIpc) is 2.39. The Balaban J connectivity index is 0.00000200. The largest absolute Gasteiger partial charge is 0.496 e. The normalized spacial score (nSPS) is 16.5. The number of aryl methyl sites for hydroxylation is 1. The highest BCUT2D eigenvalue weighted by molar-refractivity contribution is 7.89. The molecule has 0 aliphatic carbocycles. The van der Waals surface area contributed by atoms with Gasteiger partial charge in [-0.1, -0.05) is 0 Å². The zero-order valence-corrected chi connectivity index (χ0v) is 13.3. The second-order valence-electron chi connectivity index (χ2n) is 4.78. The van der Waals surface area contributed by atoms with Gasteiger partial charge >= 0.3 is 0 Å². The van der Waals surface area contributed by atoms with Gasteiger partial charge < -0.3 is 10.1 Å². The maximum Gasteiger partial charge on any atom is 0.240 e. The third-order valence-corrected chi connectivity index (χ3v) is 4.86. The van der Waals surface area contributed by atoms with Crippen molar-refractivity contribution in [2.24, 2.45) is 0 Å². The molecule has 1 aliphatic heterocycles. The van der Waals surface area contributed by atoms with Gasteiger partial charge in [-0.2, -0.15) is 0 Å². The van der Waals surface area contributed by atoms with E-state index >= 15 is 0 Å². The molecule has 5 nitrogen and oxygen atoms in total. The fraction of sp³-hybridized carbons (Fsp3) is 0.538. The van der Waals surface area contributed by atoms with Gasteiger partial charge in [-0.05, 0) is 56.6 Å². The van der Waals surface area contributed by atoms with Crippen LogP contribution in [-0.2, 0) is 10.0 Å². The molecular formula is C13H21ClN2O3S. The molecule has 0 saturated carbocycles. The van der Waals surface area contributed by atoms with E-state index in [0.29, 0.717) is 10.6 Å². The lowest BCUT2D eigenvalue weighted by Crippen LogP contribution is -2.42. The molecule has 1 aromatic rings. The molecule has 2 N–H and O–H groups in total. The Bertz CT molecular complexity index is 543. The Labute approximate surface area is 126 Å². The lowest BCUT2D eigenvalue weighted by atomic mass is 10.1. The summed E-state index contributed by atoms with van der Waals surface area (Å²) in [6, 6.07) is 4.93. The number of halogens is 1. The lowest BCUT2D eigenvalue weighted by molar-refractivity contribution is 0.411. The van der Waals surface area contributed by atoms with Crippen LogP contribution >= 0.6 is 12.4 Å². The molecule has 0 unspecified atom stereocenters. The number of hydrogen-bond donors (Lipinski definition) is 2. The van der Waals surface area contributed by atoms with Gasteiger partial charge in [-0.25, -0.2) is 13.1 Å². The summed E-state index contributed by atoms with van der Waals surface area (Å²) in [7, 11) is -1.87. The summed E-state index contributed by atoms with van der Waals surface area (Å²) in [5.74, 6) is 0.695. The standard InChI is InChI=1S/C13H20N2O3S.ClH/c1-10-9-12(3-4-13(10)18-2)19(16,17)15-11-5-7-14-8-6-11;/h3-4,9,11,14-15H,5-8H2,1-2H3;1H. The Morgan fingerprint density at radius 2 is 1.95 bits per heavy atom. The topological polar surface area (TPSA) is 67.4 Å². The highest BCUT2D eigenvalue weighted by atomic mass is 35.5. The number of benzene rings is 1. The highest BCUT2D eigenvalue weighted by Gasteiger charge is 2.22. The smallest absolute Gasteiger partial charge is 0.240 e. The van der Waals surface area contributed by atoms with Crippen LogP contribution in [0.1, 0.15) is 18.4 Å². The first-order valence-electron chi connectivity index (χ1n) is 6.40. The van der Waals surface area contributed by atoms with Gasteiger partial charge in [0.2, 0.25) is 10.0 Å². The minimum absolute atomic E-state index is 0. The van der Waals surface area contributed by atoms with Gasteiger partial charge in [0.05, 0.1) is 12.0 Å². The van der Waals surface area contributed by atoms with Crippen molar-refractivity contribution < 1.29 is 13.2 Å². The zero-order chi connectivity index (χ0) is 13.9. The Morgan fingerprint density at radius 3 is 2.50 bits per heavy atom. The quantitative estimate of drug-likeness (QED) is 0.881. The fourth-order valence-electron chi connectivity index (χ4n) is 2.25.